The number of nitrogens with zero attached hydrogens (tertiary/aromatic N) is 2. The monoisotopic (exact) mass is 218 g/mol. The van der Waals surface area contributed by atoms with Gasteiger partial charge in [0.15, 0.2) is 0 Å². The van der Waals surface area contributed by atoms with Gasteiger partial charge in [-0.3, -0.25) is 0 Å². The Bertz CT molecular complexity index is 349. The third-order valence-electron chi connectivity index (χ3n) is 1.50. The summed E-state index contributed by atoms with van der Waals surface area (Å²) >= 11 is 0. The van der Waals surface area contributed by atoms with Crippen LogP contribution < -0.4 is 0 Å². The number of alkyl halides is 3. The van der Waals surface area contributed by atoms with Crippen molar-refractivity contribution in [2.75, 3.05) is 6.61 Å². The number of rotatable bonds is 3. The van der Waals surface area contributed by atoms with Crippen molar-refractivity contribution in [2.45, 2.75) is 13.1 Å². The number of aromatic nitrogens is 2. The maximum absolute atomic E-state index is 12.2. The van der Waals surface area contributed by atoms with Crippen molar-refractivity contribution < 1.29 is 17.9 Å². The van der Waals surface area contributed by atoms with Gasteiger partial charge in [0.2, 0.25) is 0 Å². The average Bonchev–Trinajstić information content (AvgIpc) is 2.17. The van der Waals surface area contributed by atoms with Gasteiger partial charge < -0.3 is 4.74 Å². The van der Waals surface area contributed by atoms with Crippen LogP contribution in [0.25, 0.3) is 6.08 Å². The second-order valence-electron chi connectivity index (χ2n) is 2.62. The van der Waals surface area contributed by atoms with Crippen molar-refractivity contribution in [3.8, 4) is 0 Å². The molecule has 0 bridgehead atoms. The lowest BCUT2D eigenvalue weighted by Crippen LogP contribution is -2.06. The van der Waals surface area contributed by atoms with Gasteiger partial charge in [-0.05, 0) is 13.0 Å². The van der Waals surface area contributed by atoms with Crippen molar-refractivity contribution in [1.29, 1.82) is 0 Å². The molecule has 15 heavy (non-hydrogen) atoms. The van der Waals surface area contributed by atoms with Crippen LogP contribution in [0.15, 0.2) is 18.5 Å². The molecular weight excluding hydrogens is 209 g/mol. The summed E-state index contributed by atoms with van der Waals surface area (Å²) in [5.74, 6) is 0. The van der Waals surface area contributed by atoms with E-state index in [1.807, 2.05) is 0 Å². The predicted molar refractivity (Wildman–Crippen MR) is 47.7 cm³/mol. The molecule has 6 heteroatoms. The highest BCUT2D eigenvalue weighted by molar-refractivity contribution is 5.43. The fourth-order valence-electron chi connectivity index (χ4n) is 0.834. The molecule has 0 aromatic carbocycles. The highest BCUT2D eigenvalue weighted by atomic mass is 19.4. The first-order chi connectivity index (χ1) is 7.04. The minimum atomic E-state index is -4.40. The Labute approximate surface area is 84.6 Å². The highest BCUT2D eigenvalue weighted by Crippen LogP contribution is 2.28. The molecule has 0 aliphatic rings. The van der Waals surface area contributed by atoms with E-state index in [1.54, 1.807) is 6.92 Å². The zero-order chi connectivity index (χ0) is 11.3. The van der Waals surface area contributed by atoms with E-state index in [1.165, 1.54) is 12.3 Å². The van der Waals surface area contributed by atoms with Gasteiger partial charge in [-0.15, -0.1) is 0 Å². The maximum atomic E-state index is 12.2. The van der Waals surface area contributed by atoms with Gasteiger partial charge in [-0.1, -0.05) is 0 Å². The van der Waals surface area contributed by atoms with Crippen LogP contribution in [0.1, 0.15) is 18.2 Å². The van der Waals surface area contributed by atoms with Crippen LogP contribution in [-0.4, -0.2) is 16.8 Å². The predicted octanol–water partition coefficient (Wildman–Crippen LogP) is 2.50. The normalized spacial score (nSPS) is 12.0. The molecular formula is C9H9F3N2O. The van der Waals surface area contributed by atoms with Gasteiger partial charge in [0.1, 0.15) is 0 Å². The molecule has 0 saturated carbocycles. The summed E-state index contributed by atoms with van der Waals surface area (Å²) in [6.07, 6.45) is -1.11. The molecule has 0 saturated heterocycles. The number of hydrogen-bond acceptors (Lipinski definition) is 3. The smallest absolute Gasteiger partial charge is 0.418 e. The van der Waals surface area contributed by atoms with Crippen molar-refractivity contribution >= 4 is 6.08 Å². The Kier molecular flexibility index (Phi) is 3.65. The molecule has 1 rings (SSSR count). The molecule has 0 atom stereocenters. The lowest BCUT2D eigenvalue weighted by atomic mass is 10.2. The zero-order valence-electron chi connectivity index (χ0n) is 7.95. The Balaban J connectivity index is 2.84. The molecule has 0 fully saturated rings. The van der Waals surface area contributed by atoms with E-state index in [0.29, 0.717) is 12.8 Å². The molecule has 0 radical (unpaired) electrons. The van der Waals surface area contributed by atoms with Gasteiger partial charge in [0.25, 0.3) is 0 Å². The van der Waals surface area contributed by atoms with E-state index < -0.39 is 11.7 Å². The maximum Gasteiger partial charge on any atom is 0.418 e. The van der Waals surface area contributed by atoms with Gasteiger partial charge >= 0.3 is 6.18 Å². The number of hydrogen-bond donors (Lipinski definition) is 0. The van der Waals surface area contributed by atoms with Gasteiger partial charge in [0.05, 0.1) is 30.3 Å². The second kappa shape index (κ2) is 4.77. The first kappa shape index (κ1) is 11.5. The summed E-state index contributed by atoms with van der Waals surface area (Å²) in [5, 5.41) is 6.76. The summed E-state index contributed by atoms with van der Waals surface area (Å²) in [6, 6.07) is 0.905. The molecule has 1 aromatic heterocycles. The summed E-state index contributed by atoms with van der Waals surface area (Å²) in [7, 11) is 0. The van der Waals surface area contributed by atoms with E-state index in [0.717, 1.165) is 6.07 Å². The molecule has 0 aliphatic carbocycles. The van der Waals surface area contributed by atoms with Crippen molar-refractivity contribution in [3.63, 3.8) is 0 Å². The van der Waals surface area contributed by atoms with E-state index >= 15 is 0 Å². The van der Waals surface area contributed by atoms with Crippen LogP contribution >= 0.6 is 0 Å². The SMILES string of the molecule is CCOC=Cc1cc(C(F)(F)F)cnn1. The Morgan fingerprint density at radius 1 is 1.47 bits per heavy atom. The average molecular weight is 218 g/mol. The Hall–Kier alpha value is -1.59. The Morgan fingerprint density at radius 3 is 2.80 bits per heavy atom. The highest BCUT2D eigenvalue weighted by Gasteiger charge is 2.31. The van der Waals surface area contributed by atoms with Crippen molar-refractivity contribution in [1.82, 2.24) is 10.2 Å². The molecule has 0 aliphatic heterocycles. The van der Waals surface area contributed by atoms with Crippen LogP contribution in [0, 0.1) is 0 Å². The lowest BCUT2D eigenvalue weighted by Gasteiger charge is -2.05. The molecule has 1 aromatic rings. The van der Waals surface area contributed by atoms with Gasteiger partial charge in [0, 0.05) is 6.08 Å². The fraction of sp³-hybridized carbons (Fsp3) is 0.333. The largest absolute Gasteiger partial charge is 0.501 e. The summed E-state index contributed by atoms with van der Waals surface area (Å²) in [5.41, 5.74) is -0.716. The van der Waals surface area contributed by atoms with Gasteiger partial charge in [-0.25, -0.2) is 0 Å². The third kappa shape index (κ3) is 3.57. The first-order valence-electron chi connectivity index (χ1n) is 4.22. The second-order valence-corrected chi connectivity index (χ2v) is 2.62. The number of halogens is 3. The van der Waals surface area contributed by atoms with E-state index in [4.69, 9.17) is 4.74 Å². The minimum Gasteiger partial charge on any atom is -0.501 e. The molecule has 0 unspecified atom stereocenters. The molecule has 0 amide bonds. The van der Waals surface area contributed by atoms with E-state index in [-0.39, 0.29) is 5.69 Å². The van der Waals surface area contributed by atoms with Crippen LogP contribution in [0.3, 0.4) is 0 Å². The quantitative estimate of drug-likeness (QED) is 0.731. The fourth-order valence-corrected chi connectivity index (χ4v) is 0.834. The minimum absolute atomic E-state index is 0.110. The molecule has 0 spiro atoms. The van der Waals surface area contributed by atoms with Crippen LogP contribution in [-0.2, 0) is 10.9 Å². The lowest BCUT2D eigenvalue weighted by molar-refractivity contribution is -0.137. The topological polar surface area (TPSA) is 35.0 Å². The molecule has 1 heterocycles. The van der Waals surface area contributed by atoms with Crippen LogP contribution in [0.4, 0.5) is 13.2 Å². The Morgan fingerprint density at radius 2 is 2.20 bits per heavy atom. The first-order valence-corrected chi connectivity index (χ1v) is 4.22. The van der Waals surface area contributed by atoms with E-state index in [2.05, 4.69) is 10.2 Å². The van der Waals surface area contributed by atoms with E-state index in [9.17, 15) is 13.2 Å². The molecule has 82 valence electrons. The third-order valence-corrected chi connectivity index (χ3v) is 1.50. The number of ether oxygens (including phenoxy) is 1. The molecule has 0 N–H and O–H groups in total. The summed E-state index contributed by atoms with van der Waals surface area (Å²) in [6.45, 7) is 2.21. The summed E-state index contributed by atoms with van der Waals surface area (Å²) in [4.78, 5) is 0. The molecule has 3 nitrogen and oxygen atoms in total. The summed E-state index contributed by atoms with van der Waals surface area (Å²) < 4.78 is 41.5. The zero-order valence-corrected chi connectivity index (χ0v) is 7.95. The van der Waals surface area contributed by atoms with Gasteiger partial charge in [-0.2, -0.15) is 23.4 Å². The van der Waals surface area contributed by atoms with Crippen LogP contribution in [0.2, 0.25) is 0 Å². The van der Waals surface area contributed by atoms with Crippen molar-refractivity contribution in [2.24, 2.45) is 0 Å². The van der Waals surface area contributed by atoms with Crippen LogP contribution in [0.5, 0.6) is 0 Å². The standard InChI is InChI=1S/C9H9F3N2O/c1-2-15-4-3-8-5-7(6-13-14-8)9(10,11)12/h3-6H,2H2,1H3. The van der Waals surface area contributed by atoms with Crippen molar-refractivity contribution in [3.05, 3.63) is 29.8 Å².